The average molecular weight is 311 g/mol. The molecule has 0 aromatic carbocycles. The van der Waals surface area contributed by atoms with Gasteiger partial charge in [-0.25, -0.2) is 4.68 Å². The first-order chi connectivity index (χ1) is 11.2. The molecule has 0 bridgehead atoms. The van der Waals surface area contributed by atoms with E-state index in [2.05, 4.69) is 20.0 Å². The average Bonchev–Trinajstić information content (AvgIpc) is 2.92. The van der Waals surface area contributed by atoms with Gasteiger partial charge in [0.05, 0.1) is 23.6 Å². The van der Waals surface area contributed by atoms with Gasteiger partial charge in [0, 0.05) is 44.0 Å². The van der Waals surface area contributed by atoms with E-state index < -0.39 is 0 Å². The van der Waals surface area contributed by atoms with Crippen LogP contribution in [0.25, 0.3) is 0 Å². The summed E-state index contributed by atoms with van der Waals surface area (Å²) in [6, 6.07) is 1.79. The summed E-state index contributed by atoms with van der Waals surface area (Å²) in [4.78, 5) is 23.1. The van der Waals surface area contributed by atoms with Crippen molar-refractivity contribution in [2.45, 2.75) is 39.3 Å². The van der Waals surface area contributed by atoms with Crippen molar-refractivity contribution < 1.29 is 0 Å². The van der Waals surface area contributed by atoms with Gasteiger partial charge in [0.1, 0.15) is 0 Å². The quantitative estimate of drug-likeness (QED) is 0.841. The van der Waals surface area contributed by atoms with E-state index in [1.165, 1.54) is 0 Å². The Balaban J connectivity index is 1.35. The lowest BCUT2D eigenvalue weighted by Crippen LogP contribution is -2.49. The van der Waals surface area contributed by atoms with E-state index in [1.54, 1.807) is 16.9 Å². The Morgan fingerprint density at radius 1 is 1.26 bits per heavy atom. The maximum atomic E-state index is 12.1. The number of nitrogens with zero attached hydrogens (tertiary/aromatic N) is 5. The molecule has 0 radical (unpaired) electrons. The van der Waals surface area contributed by atoms with Crippen molar-refractivity contribution in [2.24, 2.45) is 5.92 Å². The van der Waals surface area contributed by atoms with Gasteiger partial charge in [0.15, 0.2) is 0 Å². The highest BCUT2D eigenvalue weighted by Crippen LogP contribution is 2.20. The lowest BCUT2D eigenvalue weighted by atomic mass is 10.00. The van der Waals surface area contributed by atoms with Gasteiger partial charge in [-0.15, -0.1) is 0 Å². The molecule has 1 saturated heterocycles. The van der Waals surface area contributed by atoms with Gasteiger partial charge in [0.2, 0.25) is 0 Å². The maximum absolute atomic E-state index is 12.1. The molecule has 1 fully saturated rings. The van der Waals surface area contributed by atoms with Gasteiger partial charge in [-0.2, -0.15) is 5.10 Å². The molecule has 2 aliphatic rings. The Morgan fingerprint density at radius 3 is 2.96 bits per heavy atom. The first-order valence-corrected chi connectivity index (χ1v) is 8.27. The first kappa shape index (κ1) is 14.5. The minimum absolute atomic E-state index is 0.0497. The number of hydrogen-bond donors (Lipinski definition) is 0. The minimum atomic E-state index is 0.0497. The summed E-state index contributed by atoms with van der Waals surface area (Å²) in [6.07, 6.45) is 6.74. The van der Waals surface area contributed by atoms with Crippen molar-refractivity contribution >= 4 is 0 Å². The van der Waals surface area contributed by atoms with E-state index in [4.69, 9.17) is 0 Å². The second-order valence-electron chi connectivity index (χ2n) is 6.70. The smallest absolute Gasteiger partial charge is 0.267 e. The van der Waals surface area contributed by atoms with Crippen LogP contribution >= 0.6 is 0 Å². The molecule has 6 heteroatoms. The predicted molar refractivity (Wildman–Crippen MR) is 86.1 cm³/mol. The van der Waals surface area contributed by atoms with Gasteiger partial charge in [-0.1, -0.05) is 0 Å². The molecule has 0 unspecified atom stereocenters. The third kappa shape index (κ3) is 3.03. The standard InChI is InChI=1S/C17H21N5O/c1-12-6-18-7-15(19-12)11-21-8-13(9-21)10-22-17(23)5-14-3-2-4-16(14)20-22/h5-7,13H,2-4,8-11H2,1H3. The zero-order chi connectivity index (χ0) is 15.8. The summed E-state index contributed by atoms with van der Waals surface area (Å²) in [5, 5.41) is 4.56. The van der Waals surface area contributed by atoms with E-state index in [1.807, 2.05) is 13.1 Å². The van der Waals surface area contributed by atoms with Crippen molar-refractivity contribution in [3.63, 3.8) is 0 Å². The van der Waals surface area contributed by atoms with Gasteiger partial charge in [0.25, 0.3) is 5.56 Å². The van der Waals surface area contributed by atoms with Crippen LogP contribution in [-0.4, -0.2) is 37.7 Å². The van der Waals surface area contributed by atoms with Crippen LogP contribution in [0.15, 0.2) is 23.3 Å². The van der Waals surface area contributed by atoms with E-state index in [0.717, 1.165) is 68.1 Å². The summed E-state index contributed by atoms with van der Waals surface area (Å²) in [5.74, 6) is 0.498. The maximum Gasteiger partial charge on any atom is 0.267 e. The van der Waals surface area contributed by atoms with E-state index >= 15 is 0 Å². The Hall–Kier alpha value is -2.08. The molecule has 1 aliphatic carbocycles. The second kappa shape index (κ2) is 5.85. The Labute approximate surface area is 135 Å². The van der Waals surface area contributed by atoms with Crippen molar-refractivity contribution in [1.29, 1.82) is 0 Å². The molecule has 2 aromatic rings. The minimum Gasteiger partial charge on any atom is -0.297 e. The number of aryl methyl sites for hydroxylation is 3. The number of likely N-dealkylation sites (tertiary alicyclic amines) is 1. The van der Waals surface area contributed by atoms with E-state index in [9.17, 15) is 4.79 Å². The highest BCUT2D eigenvalue weighted by molar-refractivity contribution is 5.22. The molecular formula is C17H21N5O. The Kier molecular flexibility index (Phi) is 3.69. The highest BCUT2D eigenvalue weighted by Gasteiger charge is 2.28. The molecule has 120 valence electrons. The molecule has 2 aromatic heterocycles. The fourth-order valence-electron chi connectivity index (χ4n) is 3.56. The fraction of sp³-hybridized carbons (Fsp3) is 0.529. The zero-order valence-corrected chi connectivity index (χ0v) is 13.4. The topological polar surface area (TPSA) is 63.9 Å². The third-order valence-electron chi connectivity index (χ3n) is 4.68. The lowest BCUT2D eigenvalue weighted by molar-refractivity contribution is 0.0751. The number of fused-ring (bicyclic) bond motifs is 1. The molecule has 0 N–H and O–H groups in total. The Bertz CT molecular complexity index is 779. The molecule has 4 rings (SSSR count). The van der Waals surface area contributed by atoms with Crippen LogP contribution in [0.1, 0.15) is 29.1 Å². The van der Waals surface area contributed by atoms with Crippen LogP contribution < -0.4 is 5.56 Å². The fourth-order valence-corrected chi connectivity index (χ4v) is 3.56. The van der Waals surface area contributed by atoms with Crippen molar-refractivity contribution in [1.82, 2.24) is 24.6 Å². The summed E-state index contributed by atoms with van der Waals surface area (Å²) < 4.78 is 1.67. The summed E-state index contributed by atoms with van der Waals surface area (Å²) in [7, 11) is 0. The highest BCUT2D eigenvalue weighted by atomic mass is 16.1. The van der Waals surface area contributed by atoms with Crippen LogP contribution in [-0.2, 0) is 25.9 Å². The van der Waals surface area contributed by atoms with Crippen LogP contribution in [0.2, 0.25) is 0 Å². The van der Waals surface area contributed by atoms with Crippen LogP contribution in [0.5, 0.6) is 0 Å². The van der Waals surface area contributed by atoms with Gasteiger partial charge in [-0.3, -0.25) is 19.7 Å². The predicted octanol–water partition coefficient (Wildman–Crippen LogP) is 0.962. The largest absolute Gasteiger partial charge is 0.297 e. The number of hydrogen-bond acceptors (Lipinski definition) is 5. The molecule has 0 amide bonds. The zero-order valence-electron chi connectivity index (χ0n) is 13.4. The second-order valence-corrected chi connectivity index (χ2v) is 6.70. The molecule has 0 saturated carbocycles. The van der Waals surface area contributed by atoms with E-state index in [-0.39, 0.29) is 5.56 Å². The molecule has 6 nitrogen and oxygen atoms in total. The van der Waals surface area contributed by atoms with Crippen molar-refractivity contribution in [2.75, 3.05) is 13.1 Å². The van der Waals surface area contributed by atoms with E-state index in [0.29, 0.717) is 5.92 Å². The first-order valence-electron chi connectivity index (χ1n) is 8.27. The molecule has 0 atom stereocenters. The summed E-state index contributed by atoms with van der Waals surface area (Å²) >= 11 is 0. The summed E-state index contributed by atoms with van der Waals surface area (Å²) in [6.45, 7) is 5.49. The molecule has 1 aliphatic heterocycles. The van der Waals surface area contributed by atoms with Crippen LogP contribution in [0.4, 0.5) is 0 Å². The normalized spacial score (nSPS) is 18.0. The van der Waals surface area contributed by atoms with Gasteiger partial charge >= 0.3 is 0 Å². The molecular weight excluding hydrogens is 290 g/mol. The lowest BCUT2D eigenvalue weighted by Gasteiger charge is -2.39. The monoisotopic (exact) mass is 311 g/mol. The van der Waals surface area contributed by atoms with Gasteiger partial charge in [-0.05, 0) is 31.7 Å². The number of aromatic nitrogens is 4. The van der Waals surface area contributed by atoms with Crippen molar-refractivity contribution in [3.8, 4) is 0 Å². The molecule has 23 heavy (non-hydrogen) atoms. The van der Waals surface area contributed by atoms with Crippen LogP contribution in [0.3, 0.4) is 0 Å². The SMILES string of the molecule is Cc1cncc(CN2CC(Cn3nc4c(cc3=O)CCC4)C2)n1. The summed E-state index contributed by atoms with van der Waals surface area (Å²) in [5.41, 5.74) is 4.29. The van der Waals surface area contributed by atoms with Crippen molar-refractivity contribution in [3.05, 3.63) is 51.5 Å². The third-order valence-corrected chi connectivity index (χ3v) is 4.68. The van der Waals surface area contributed by atoms with Gasteiger partial charge < -0.3 is 0 Å². The number of rotatable bonds is 4. The molecule has 0 spiro atoms. The Morgan fingerprint density at radius 2 is 2.13 bits per heavy atom. The molecule has 3 heterocycles. The van der Waals surface area contributed by atoms with Crippen LogP contribution in [0, 0.1) is 12.8 Å².